The van der Waals surface area contributed by atoms with Crippen LogP contribution in [-0.4, -0.2) is 26.4 Å². The van der Waals surface area contributed by atoms with E-state index in [1.807, 2.05) is 66.7 Å². The summed E-state index contributed by atoms with van der Waals surface area (Å²) in [5.41, 5.74) is 4.35. The summed E-state index contributed by atoms with van der Waals surface area (Å²) in [6.45, 7) is 4.39. The molecule has 1 aromatic heterocycles. The van der Waals surface area contributed by atoms with Gasteiger partial charge in [0, 0.05) is 11.1 Å². The average Bonchev–Trinajstić information content (AvgIpc) is 3.28. The Balaban J connectivity index is 1.35. The van der Waals surface area contributed by atoms with Crippen molar-refractivity contribution in [3.63, 3.8) is 0 Å². The highest BCUT2D eigenvalue weighted by molar-refractivity contribution is 7.99. The highest BCUT2D eigenvalue weighted by atomic mass is 32.2. The third-order valence-corrected chi connectivity index (χ3v) is 6.95. The van der Waals surface area contributed by atoms with Crippen molar-refractivity contribution in [1.82, 2.24) is 20.1 Å². The number of rotatable bonds is 6. The van der Waals surface area contributed by atoms with Gasteiger partial charge >= 0.3 is 0 Å². The number of fused-ring (bicyclic) bond motifs is 3. The summed E-state index contributed by atoms with van der Waals surface area (Å²) < 4.78 is 2.18. The summed E-state index contributed by atoms with van der Waals surface area (Å²) in [5.74, 6) is 1.10. The Kier molecular flexibility index (Phi) is 5.77. The first-order valence-corrected chi connectivity index (χ1v) is 12.1. The van der Waals surface area contributed by atoms with Crippen LogP contribution in [0.4, 0.5) is 0 Å². The van der Waals surface area contributed by atoms with Crippen molar-refractivity contribution >= 4 is 17.7 Å². The van der Waals surface area contributed by atoms with E-state index in [9.17, 15) is 4.79 Å². The summed E-state index contributed by atoms with van der Waals surface area (Å²) in [6.07, 6.45) is 0.901. The van der Waals surface area contributed by atoms with Crippen LogP contribution in [0.3, 0.4) is 0 Å². The number of carbonyl (C=O) groups excluding carboxylic acids is 1. The molecular weight excluding hydrogens is 428 g/mol. The molecule has 4 aromatic rings. The second kappa shape index (κ2) is 8.87. The van der Waals surface area contributed by atoms with Crippen LogP contribution in [-0.2, 0) is 16.8 Å². The largest absolute Gasteiger partial charge is 0.344 e. The zero-order valence-corrected chi connectivity index (χ0v) is 19.5. The van der Waals surface area contributed by atoms with Gasteiger partial charge in [0.05, 0.1) is 11.8 Å². The second-order valence-corrected chi connectivity index (χ2v) is 9.84. The van der Waals surface area contributed by atoms with Crippen LogP contribution in [0.1, 0.15) is 36.6 Å². The first-order chi connectivity index (χ1) is 16.0. The fourth-order valence-electron chi connectivity index (χ4n) is 4.50. The molecule has 2 heterocycles. The number of hydrogen-bond donors (Lipinski definition) is 1. The molecule has 1 amide bonds. The Bertz CT molecular complexity index is 1230. The Labute approximate surface area is 198 Å². The number of amides is 1. The Morgan fingerprint density at radius 1 is 0.939 bits per heavy atom. The van der Waals surface area contributed by atoms with Gasteiger partial charge in [-0.25, -0.2) is 0 Å². The molecule has 0 radical (unpaired) electrons. The van der Waals surface area contributed by atoms with Gasteiger partial charge in [-0.2, -0.15) is 0 Å². The summed E-state index contributed by atoms with van der Waals surface area (Å²) in [4.78, 5) is 13.0. The monoisotopic (exact) mass is 454 g/mol. The maximum atomic E-state index is 13.0. The third kappa shape index (κ3) is 4.31. The smallest absolute Gasteiger partial charge is 0.231 e. The van der Waals surface area contributed by atoms with Crippen LogP contribution in [0.2, 0.25) is 0 Å². The van der Waals surface area contributed by atoms with Crippen molar-refractivity contribution in [2.75, 3.05) is 5.75 Å². The fraction of sp³-hybridized carbons (Fsp3) is 0.222. The predicted molar refractivity (Wildman–Crippen MR) is 132 cm³/mol. The lowest BCUT2D eigenvalue weighted by Gasteiger charge is -2.34. The molecule has 0 spiro atoms. The van der Waals surface area contributed by atoms with Crippen molar-refractivity contribution in [3.8, 4) is 11.4 Å². The number of aromatic nitrogens is 3. The molecule has 0 bridgehead atoms. The highest BCUT2D eigenvalue weighted by Gasteiger charge is 2.34. The quantitative estimate of drug-likeness (QED) is 0.405. The normalized spacial score (nSPS) is 13.9. The molecule has 1 aliphatic rings. The number of nitrogens with one attached hydrogen (secondary N) is 1. The Hall–Kier alpha value is -3.38. The molecule has 1 N–H and O–H groups in total. The molecule has 0 fully saturated rings. The summed E-state index contributed by atoms with van der Waals surface area (Å²) >= 11 is 1.44. The van der Waals surface area contributed by atoms with Gasteiger partial charge in [0.25, 0.3) is 0 Å². The molecule has 33 heavy (non-hydrogen) atoms. The molecule has 0 saturated heterocycles. The molecular formula is C27H26N4OS. The average molecular weight is 455 g/mol. The lowest BCUT2D eigenvalue weighted by Crippen LogP contribution is -2.34. The van der Waals surface area contributed by atoms with E-state index in [2.05, 4.69) is 52.1 Å². The van der Waals surface area contributed by atoms with E-state index in [0.29, 0.717) is 0 Å². The minimum absolute atomic E-state index is 0.0379. The Morgan fingerprint density at radius 3 is 2.21 bits per heavy atom. The van der Waals surface area contributed by atoms with Gasteiger partial charge in [-0.15, -0.1) is 10.2 Å². The molecule has 0 aliphatic carbocycles. The first-order valence-electron chi connectivity index (χ1n) is 11.1. The summed E-state index contributed by atoms with van der Waals surface area (Å²) in [6, 6.07) is 28.3. The number of carbonyl (C=O) groups is 1. The van der Waals surface area contributed by atoms with Gasteiger partial charge < -0.3 is 5.32 Å². The maximum Gasteiger partial charge on any atom is 0.231 e. The molecule has 166 valence electrons. The van der Waals surface area contributed by atoms with Crippen LogP contribution in [0.15, 0.2) is 90.1 Å². The zero-order chi connectivity index (χ0) is 22.8. The summed E-state index contributed by atoms with van der Waals surface area (Å²) in [7, 11) is 0. The van der Waals surface area contributed by atoms with Crippen LogP contribution < -0.4 is 5.32 Å². The van der Waals surface area contributed by atoms with Crippen molar-refractivity contribution < 1.29 is 4.79 Å². The number of benzene rings is 3. The number of thioether (sulfide) groups is 1. The fourth-order valence-corrected chi connectivity index (χ4v) is 5.41. The second-order valence-electron chi connectivity index (χ2n) is 8.90. The SMILES string of the molecule is CC1(C)Cc2ccccc2-c2nnc(SCC(=O)NC(c3ccccc3)c3ccccc3)n21. The van der Waals surface area contributed by atoms with Crippen LogP contribution in [0, 0.1) is 0 Å². The zero-order valence-electron chi connectivity index (χ0n) is 18.7. The van der Waals surface area contributed by atoms with E-state index in [-0.39, 0.29) is 23.2 Å². The molecule has 5 rings (SSSR count). The van der Waals surface area contributed by atoms with E-state index in [0.717, 1.165) is 34.1 Å². The van der Waals surface area contributed by atoms with Gasteiger partial charge in [-0.05, 0) is 37.0 Å². The molecule has 5 nitrogen and oxygen atoms in total. The van der Waals surface area contributed by atoms with Crippen molar-refractivity contribution in [1.29, 1.82) is 0 Å². The molecule has 6 heteroatoms. The van der Waals surface area contributed by atoms with Gasteiger partial charge in [0.15, 0.2) is 11.0 Å². The lowest BCUT2D eigenvalue weighted by molar-refractivity contribution is -0.119. The minimum Gasteiger partial charge on any atom is -0.344 e. The highest BCUT2D eigenvalue weighted by Crippen LogP contribution is 2.39. The molecule has 3 aromatic carbocycles. The van der Waals surface area contributed by atoms with Crippen LogP contribution >= 0.6 is 11.8 Å². The van der Waals surface area contributed by atoms with Gasteiger partial charge in [0.2, 0.25) is 5.91 Å². The molecule has 1 aliphatic heterocycles. The topological polar surface area (TPSA) is 59.8 Å². The minimum atomic E-state index is -0.198. The van der Waals surface area contributed by atoms with Crippen LogP contribution in [0.5, 0.6) is 0 Å². The predicted octanol–water partition coefficient (Wildman–Crippen LogP) is 5.23. The Morgan fingerprint density at radius 2 is 1.55 bits per heavy atom. The first kappa shape index (κ1) is 21.5. The van der Waals surface area contributed by atoms with Crippen molar-refractivity contribution in [2.45, 2.75) is 37.0 Å². The van der Waals surface area contributed by atoms with Gasteiger partial charge in [-0.1, -0.05) is 96.7 Å². The number of hydrogen-bond acceptors (Lipinski definition) is 4. The molecule has 0 saturated carbocycles. The van der Waals surface area contributed by atoms with Crippen molar-refractivity contribution in [2.24, 2.45) is 0 Å². The van der Waals surface area contributed by atoms with E-state index in [1.165, 1.54) is 17.3 Å². The van der Waals surface area contributed by atoms with Crippen molar-refractivity contribution in [3.05, 3.63) is 102 Å². The van der Waals surface area contributed by atoms with Gasteiger partial charge in [-0.3, -0.25) is 9.36 Å². The van der Waals surface area contributed by atoms with E-state index < -0.39 is 0 Å². The maximum absolute atomic E-state index is 13.0. The molecule has 0 atom stereocenters. The number of nitrogens with zero attached hydrogens (tertiary/aromatic N) is 3. The van der Waals surface area contributed by atoms with E-state index in [4.69, 9.17) is 0 Å². The van der Waals surface area contributed by atoms with E-state index >= 15 is 0 Å². The van der Waals surface area contributed by atoms with Crippen LogP contribution in [0.25, 0.3) is 11.4 Å². The third-order valence-electron chi connectivity index (χ3n) is 6.02. The van der Waals surface area contributed by atoms with Gasteiger partial charge in [0.1, 0.15) is 0 Å². The standard InChI is InChI=1S/C27H26N4OS/c1-27(2)17-21-15-9-10-16-22(21)25-29-30-26(31(25)27)33-18-23(32)28-24(19-11-5-3-6-12-19)20-13-7-4-8-14-20/h3-16,24H,17-18H2,1-2H3,(H,28,32). The molecule has 0 unspecified atom stereocenters. The lowest BCUT2D eigenvalue weighted by atomic mass is 9.87. The van der Waals surface area contributed by atoms with E-state index in [1.54, 1.807) is 0 Å². The summed E-state index contributed by atoms with van der Waals surface area (Å²) in [5, 5.41) is 12.9.